The number of carbonyl (C=O) groups excluding carboxylic acids is 1. The zero-order chi connectivity index (χ0) is 23.3. The van der Waals surface area contributed by atoms with Crippen LogP contribution in [0.2, 0.25) is 0 Å². The molecular formula is C22H31FN4O4S. The number of hydrogen-bond donors (Lipinski definition) is 1. The van der Waals surface area contributed by atoms with E-state index in [1.54, 1.807) is 27.0 Å². The van der Waals surface area contributed by atoms with Crippen LogP contribution in [-0.4, -0.2) is 74.0 Å². The fourth-order valence-electron chi connectivity index (χ4n) is 3.95. The molecule has 10 heteroatoms. The summed E-state index contributed by atoms with van der Waals surface area (Å²) in [5.74, 6) is -0.719. The third-order valence-corrected chi connectivity index (χ3v) is 7.75. The van der Waals surface area contributed by atoms with E-state index in [4.69, 9.17) is 4.74 Å². The SMILES string of the molecule is CCN(CC)S(=O)(=O)c1cc(C(=O)NCC(c2cccc(F)c2)N2CCOCC2)n(C)c1. The normalized spacial score (nSPS) is 16.3. The van der Waals surface area contributed by atoms with Crippen molar-refractivity contribution >= 4 is 15.9 Å². The average Bonchev–Trinajstić information content (AvgIpc) is 3.18. The molecule has 8 nitrogen and oxygen atoms in total. The first-order chi connectivity index (χ1) is 15.3. The van der Waals surface area contributed by atoms with E-state index < -0.39 is 10.0 Å². The highest BCUT2D eigenvalue weighted by molar-refractivity contribution is 7.89. The van der Waals surface area contributed by atoms with Gasteiger partial charge in [-0.3, -0.25) is 9.69 Å². The Morgan fingerprint density at radius 3 is 2.53 bits per heavy atom. The number of carbonyl (C=O) groups is 1. The zero-order valence-corrected chi connectivity index (χ0v) is 19.6. The number of benzene rings is 1. The molecule has 1 amide bonds. The van der Waals surface area contributed by atoms with Crippen LogP contribution in [0.1, 0.15) is 35.9 Å². The molecule has 1 atom stereocenters. The maximum atomic E-state index is 13.9. The third-order valence-electron chi connectivity index (χ3n) is 5.73. The third kappa shape index (κ3) is 5.37. The van der Waals surface area contributed by atoms with Crippen molar-refractivity contribution in [2.75, 3.05) is 45.9 Å². The number of sulfonamides is 1. The summed E-state index contributed by atoms with van der Waals surface area (Å²) in [6.07, 6.45) is 1.45. The van der Waals surface area contributed by atoms with E-state index in [2.05, 4.69) is 10.2 Å². The van der Waals surface area contributed by atoms with Crippen molar-refractivity contribution < 1.29 is 22.3 Å². The van der Waals surface area contributed by atoms with Gasteiger partial charge in [-0.2, -0.15) is 4.31 Å². The molecule has 1 aromatic carbocycles. The topological polar surface area (TPSA) is 83.9 Å². The Morgan fingerprint density at radius 2 is 1.91 bits per heavy atom. The predicted octanol–water partition coefficient (Wildman–Crippen LogP) is 2.00. The lowest BCUT2D eigenvalue weighted by molar-refractivity contribution is 0.0161. The van der Waals surface area contributed by atoms with Crippen LogP contribution >= 0.6 is 0 Å². The molecule has 0 aliphatic carbocycles. The molecular weight excluding hydrogens is 435 g/mol. The molecule has 0 saturated carbocycles. The number of ether oxygens (including phenoxy) is 1. The molecule has 1 aromatic heterocycles. The highest BCUT2D eigenvalue weighted by Gasteiger charge is 2.27. The molecule has 1 fully saturated rings. The molecule has 1 aliphatic rings. The van der Waals surface area contributed by atoms with E-state index >= 15 is 0 Å². The van der Waals surface area contributed by atoms with Crippen LogP contribution in [0, 0.1) is 5.82 Å². The quantitative estimate of drug-likeness (QED) is 0.611. The minimum atomic E-state index is -3.66. The van der Waals surface area contributed by atoms with E-state index in [0.29, 0.717) is 39.4 Å². The fraction of sp³-hybridized carbons (Fsp3) is 0.500. The summed E-state index contributed by atoms with van der Waals surface area (Å²) in [7, 11) is -2.02. The zero-order valence-electron chi connectivity index (χ0n) is 18.8. The summed E-state index contributed by atoms with van der Waals surface area (Å²) in [6.45, 7) is 7.00. The average molecular weight is 467 g/mol. The van der Waals surface area contributed by atoms with Gasteiger partial charge in [0, 0.05) is 46.0 Å². The Balaban J connectivity index is 1.79. The molecule has 176 valence electrons. The molecule has 1 aliphatic heterocycles. The van der Waals surface area contributed by atoms with Crippen molar-refractivity contribution in [2.45, 2.75) is 24.8 Å². The fourth-order valence-corrected chi connectivity index (χ4v) is 5.48. The molecule has 1 unspecified atom stereocenters. The van der Waals surface area contributed by atoms with Crippen molar-refractivity contribution in [3.05, 3.63) is 53.6 Å². The second kappa shape index (κ2) is 10.6. The van der Waals surface area contributed by atoms with Gasteiger partial charge in [0.05, 0.1) is 19.3 Å². The van der Waals surface area contributed by atoms with Crippen LogP contribution in [0.25, 0.3) is 0 Å². The number of hydrogen-bond acceptors (Lipinski definition) is 5. The highest BCUT2D eigenvalue weighted by Crippen LogP contribution is 2.23. The monoisotopic (exact) mass is 466 g/mol. The van der Waals surface area contributed by atoms with Gasteiger partial charge >= 0.3 is 0 Å². The van der Waals surface area contributed by atoms with Crippen LogP contribution in [-0.2, 0) is 21.8 Å². The van der Waals surface area contributed by atoms with Gasteiger partial charge in [0.1, 0.15) is 16.4 Å². The first-order valence-electron chi connectivity index (χ1n) is 10.8. The Kier molecular flexibility index (Phi) is 8.05. The molecule has 0 spiro atoms. The summed E-state index contributed by atoms with van der Waals surface area (Å²) in [4.78, 5) is 15.2. The Morgan fingerprint density at radius 1 is 1.22 bits per heavy atom. The molecule has 2 heterocycles. The number of aryl methyl sites for hydroxylation is 1. The van der Waals surface area contributed by atoms with Crippen LogP contribution < -0.4 is 5.32 Å². The molecule has 2 aromatic rings. The van der Waals surface area contributed by atoms with Crippen molar-refractivity contribution in [3.63, 3.8) is 0 Å². The van der Waals surface area contributed by atoms with E-state index in [1.165, 1.54) is 33.3 Å². The Bertz CT molecular complexity index is 1030. The second-order valence-corrected chi connectivity index (χ2v) is 9.63. The molecule has 1 N–H and O–H groups in total. The summed E-state index contributed by atoms with van der Waals surface area (Å²) in [6, 6.07) is 7.53. The minimum Gasteiger partial charge on any atom is -0.379 e. The van der Waals surface area contributed by atoms with Gasteiger partial charge in [-0.25, -0.2) is 12.8 Å². The first kappa shape index (κ1) is 24.4. The van der Waals surface area contributed by atoms with Crippen LogP contribution in [0.3, 0.4) is 0 Å². The van der Waals surface area contributed by atoms with Gasteiger partial charge in [-0.1, -0.05) is 26.0 Å². The summed E-state index contributed by atoms with van der Waals surface area (Å²) in [5.41, 5.74) is 1.01. The number of amides is 1. The lowest BCUT2D eigenvalue weighted by Gasteiger charge is -2.35. The predicted molar refractivity (Wildman–Crippen MR) is 119 cm³/mol. The van der Waals surface area contributed by atoms with E-state index in [1.807, 2.05) is 6.07 Å². The maximum absolute atomic E-state index is 13.9. The number of rotatable bonds is 9. The Labute approximate surface area is 189 Å². The van der Waals surface area contributed by atoms with Gasteiger partial charge in [-0.15, -0.1) is 0 Å². The number of nitrogens with zero attached hydrogens (tertiary/aromatic N) is 3. The van der Waals surface area contributed by atoms with E-state index in [9.17, 15) is 17.6 Å². The van der Waals surface area contributed by atoms with Crippen molar-refractivity contribution in [3.8, 4) is 0 Å². The lowest BCUT2D eigenvalue weighted by Crippen LogP contribution is -2.44. The number of aromatic nitrogens is 1. The van der Waals surface area contributed by atoms with Crippen LogP contribution in [0.5, 0.6) is 0 Å². The minimum absolute atomic E-state index is 0.0868. The Hall–Kier alpha value is -2.27. The first-order valence-corrected chi connectivity index (χ1v) is 12.2. The number of halogens is 1. The summed E-state index contributed by atoms with van der Waals surface area (Å²) < 4.78 is 47.7. The molecule has 3 rings (SSSR count). The molecule has 1 saturated heterocycles. The van der Waals surface area contributed by atoms with Gasteiger partial charge in [0.25, 0.3) is 5.91 Å². The van der Waals surface area contributed by atoms with Crippen LogP contribution in [0.15, 0.2) is 41.4 Å². The summed E-state index contributed by atoms with van der Waals surface area (Å²) in [5, 5.41) is 2.90. The van der Waals surface area contributed by atoms with Crippen LogP contribution in [0.4, 0.5) is 4.39 Å². The van der Waals surface area contributed by atoms with Gasteiger partial charge in [0.2, 0.25) is 10.0 Å². The van der Waals surface area contributed by atoms with E-state index in [0.717, 1.165) is 5.56 Å². The van der Waals surface area contributed by atoms with Crippen molar-refractivity contribution in [1.82, 2.24) is 19.1 Å². The highest BCUT2D eigenvalue weighted by atomic mass is 32.2. The second-order valence-electron chi connectivity index (χ2n) is 7.69. The smallest absolute Gasteiger partial charge is 0.268 e. The van der Waals surface area contributed by atoms with Crippen molar-refractivity contribution in [1.29, 1.82) is 0 Å². The largest absolute Gasteiger partial charge is 0.379 e. The summed E-state index contributed by atoms with van der Waals surface area (Å²) >= 11 is 0. The molecule has 32 heavy (non-hydrogen) atoms. The van der Waals surface area contributed by atoms with Crippen molar-refractivity contribution in [2.24, 2.45) is 7.05 Å². The van der Waals surface area contributed by atoms with Gasteiger partial charge in [0.15, 0.2) is 0 Å². The van der Waals surface area contributed by atoms with Gasteiger partial charge < -0.3 is 14.6 Å². The van der Waals surface area contributed by atoms with Gasteiger partial charge in [-0.05, 0) is 23.8 Å². The molecule has 0 bridgehead atoms. The standard InChI is InChI=1S/C22H31FN4O4S/c1-4-27(5-2)32(29,30)19-14-20(25(3)16-19)22(28)24-15-21(26-9-11-31-12-10-26)17-7-6-8-18(23)13-17/h6-8,13-14,16,21H,4-5,9-12,15H2,1-3H3,(H,24,28). The number of morpholine rings is 1. The van der Waals surface area contributed by atoms with E-state index in [-0.39, 0.29) is 34.9 Å². The molecule has 0 radical (unpaired) electrons. The number of nitrogens with one attached hydrogen (secondary N) is 1. The lowest BCUT2D eigenvalue weighted by atomic mass is 10.0. The maximum Gasteiger partial charge on any atom is 0.268 e.